The molecule has 4 heteroatoms. The normalized spacial score (nSPS) is 19.5. The first-order valence-electron chi connectivity index (χ1n) is 6.05. The van der Waals surface area contributed by atoms with E-state index in [1.54, 1.807) is 24.3 Å². The second-order valence-corrected chi connectivity index (χ2v) is 5.03. The number of hydrogen-bond acceptors (Lipinski definition) is 2. The molecule has 0 fully saturated rings. The van der Waals surface area contributed by atoms with Crippen LogP contribution in [0, 0.1) is 0 Å². The van der Waals surface area contributed by atoms with Crippen LogP contribution < -0.4 is 4.90 Å². The van der Waals surface area contributed by atoms with Gasteiger partial charge in [0.05, 0.1) is 5.69 Å². The Morgan fingerprint density at radius 3 is 2.17 bits per heavy atom. The van der Waals surface area contributed by atoms with Crippen LogP contribution in [0.2, 0.25) is 5.02 Å². The number of benzene rings is 1. The number of hydrogen-bond donors (Lipinski definition) is 0. The molecule has 2 aliphatic rings. The minimum absolute atomic E-state index is 0.169. The summed E-state index contributed by atoms with van der Waals surface area (Å²) in [5, 5.41) is 0.526. The molecule has 1 aliphatic carbocycles. The van der Waals surface area contributed by atoms with E-state index in [1.165, 1.54) is 4.90 Å². The Balaban J connectivity index is 2.02. The standard InChI is InChI=1S/C14H12ClNO2/c15-9-4-3-5-10(8-9)16-13(17)11-6-1-2-7-12(11)14(16)18/h3-5,8H,1-2,6-7H2. The van der Waals surface area contributed by atoms with E-state index in [0.29, 0.717) is 21.9 Å². The molecule has 2 amide bonds. The van der Waals surface area contributed by atoms with Gasteiger partial charge in [0.1, 0.15) is 0 Å². The Bertz CT molecular complexity index is 549. The highest BCUT2D eigenvalue weighted by molar-refractivity contribution is 6.34. The maximum absolute atomic E-state index is 12.3. The monoisotopic (exact) mass is 261 g/mol. The smallest absolute Gasteiger partial charge is 0.261 e. The fraction of sp³-hybridized carbons (Fsp3) is 0.286. The Morgan fingerprint density at radius 1 is 1.00 bits per heavy atom. The molecule has 0 aromatic heterocycles. The van der Waals surface area contributed by atoms with Gasteiger partial charge in [0.15, 0.2) is 0 Å². The molecule has 3 rings (SSSR count). The maximum Gasteiger partial charge on any atom is 0.261 e. The quantitative estimate of drug-likeness (QED) is 0.729. The lowest BCUT2D eigenvalue weighted by Crippen LogP contribution is -2.31. The Labute approximate surface area is 110 Å². The van der Waals surface area contributed by atoms with Crippen molar-refractivity contribution in [2.24, 2.45) is 0 Å². The first-order valence-corrected chi connectivity index (χ1v) is 6.42. The van der Waals surface area contributed by atoms with E-state index in [-0.39, 0.29) is 11.8 Å². The number of amides is 2. The average Bonchev–Trinajstić information content (AvgIpc) is 2.63. The zero-order valence-electron chi connectivity index (χ0n) is 9.78. The molecule has 0 unspecified atom stereocenters. The SMILES string of the molecule is O=C1C2=C(CCCC2)C(=O)N1c1cccc(Cl)c1. The number of rotatable bonds is 1. The highest BCUT2D eigenvalue weighted by Crippen LogP contribution is 2.35. The summed E-state index contributed by atoms with van der Waals surface area (Å²) in [5.41, 5.74) is 1.96. The van der Waals surface area contributed by atoms with Gasteiger partial charge < -0.3 is 0 Å². The van der Waals surface area contributed by atoms with Crippen LogP contribution in [0.15, 0.2) is 35.4 Å². The predicted molar refractivity (Wildman–Crippen MR) is 69.4 cm³/mol. The predicted octanol–water partition coefficient (Wildman–Crippen LogP) is 3.08. The third kappa shape index (κ3) is 1.66. The first kappa shape index (κ1) is 11.5. The van der Waals surface area contributed by atoms with E-state index in [0.717, 1.165) is 25.7 Å². The molecule has 1 aliphatic heterocycles. The lowest BCUT2D eigenvalue weighted by atomic mass is 9.93. The third-order valence-electron chi connectivity index (χ3n) is 3.46. The van der Waals surface area contributed by atoms with Crippen molar-refractivity contribution in [3.63, 3.8) is 0 Å². The molecule has 0 spiro atoms. The van der Waals surface area contributed by atoms with Crippen molar-refractivity contribution in [2.45, 2.75) is 25.7 Å². The molecule has 3 nitrogen and oxygen atoms in total. The van der Waals surface area contributed by atoms with E-state index in [1.807, 2.05) is 0 Å². The summed E-state index contributed by atoms with van der Waals surface area (Å²) in [6.07, 6.45) is 3.41. The average molecular weight is 262 g/mol. The number of carbonyl (C=O) groups excluding carboxylic acids is 2. The van der Waals surface area contributed by atoms with E-state index in [9.17, 15) is 9.59 Å². The van der Waals surface area contributed by atoms with Crippen molar-refractivity contribution in [3.05, 3.63) is 40.4 Å². The molecular weight excluding hydrogens is 250 g/mol. The first-order chi connectivity index (χ1) is 8.68. The lowest BCUT2D eigenvalue weighted by Gasteiger charge is -2.15. The van der Waals surface area contributed by atoms with Gasteiger partial charge in [-0.3, -0.25) is 9.59 Å². The number of imide groups is 1. The lowest BCUT2D eigenvalue weighted by molar-refractivity contribution is -0.120. The van der Waals surface area contributed by atoms with Crippen LogP contribution in [-0.2, 0) is 9.59 Å². The van der Waals surface area contributed by atoms with Gasteiger partial charge in [0, 0.05) is 16.2 Å². The van der Waals surface area contributed by atoms with Crippen molar-refractivity contribution >= 4 is 29.1 Å². The van der Waals surface area contributed by atoms with Crippen LogP contribution in [0.4, 0.5) is 5.69 Å². The highest BCUT2D eigenvalue weighted by Gasteiger charge is 2.39. The molecule has 92 valence electrons. The fourth-order valence-electron chi connectivity index (χ4n) is 2.59. The van der Waals surface area contributed by atoms with E-state index < -0.39 is 0 Å². The largest absolute Gasteiger partial charge is 0.269 e. The second kappa shape index (κ2) is 4.25. The second-order valence-electron chi connectivity index (χ2n) is 4.59. The summed E-state index contributed by atoms with van der Waals surface area (Å²) in [5.74, 6) is -0.339. The van der Waals surface area contributed by atoms with Gasteiger partial charge in [0.25, 0.3) is 11.8 Å². The van der Waals surface area contributed by atoms with Crippen molar-refractivity contribution in [2.75, 3.05) is 4.90 Å². The van der Waals surface area contributed by atoms with E-state index >= 15 is 0 Å². The van der Waals surface area contributed by atoms with Gasteiger partial charge in [0.2, 0.25) is 0 Å². The molecule has 0 bridgehead atoms. The summed E-state index contributed by atoms with van der Waals surface area (Å²) in [6.45, 7) is 0. The van der Waals surface area contributed by atoms with E-state index in [4.69, 9.17) is 11.6 Å². The molecule has 0 saturated heterocycles. The van der Waals surface area contributed by atoms with Gasteiger partial charge in [-0.05, 0) is 43.9 Å². The molecule has 0 saturated carbocycles. The van der Waals surface area contributed by atoms with Crippen LogP contribution in [0.25, 0.3) is 0 Å². The maximum atomic E-state index is 12.3. The minimum Gasteiger partial charge on any atom is -0.269 e. The van der Waals surface area contributed by atoms with Gasteiger partial charge >= 0.3 is 0 Å². The highest BCUT2D eigenvalue weighted by atomic mass is 35.5. The summed E-state index contributed by atoms with van der Waals surface area (Å²) in [7, 11) is 0. The molecule has 1 heterocycles. The Hall–Kier alpha value is -1.61. The van der Waals surface area contributed by atoms with Crippen molar-refractivity contribution in [3.8, 4) is 0 Å². The summed E-state index contributed by atoms with van der Waals surface area (Å²) < 4.78 is 0. The molecule has 18 heavy (non-hydrogen) atoms. The zero-order chi connectivity index (χ0) is 12.7. The van der Waals surface area contributed by atoms with Gasteiger partial charge in [-0.1, -0.05) is 17.7 Å². The molecular formula is C14H12ClNO2. The summed E-state index contributed by atoms with van der Waals surface area (Å²) >= 11 is 5.91. The Morgan fingerprint density at radius 2 is 1.61 bits per heavy atom. The third-order valence-corrected chi connectivity index (χ3v) is 3.69. The number of anilines is 1. The molecule has 0 atom stereocenters. The molecule has 0 radical (unpaired) electrons. The van der Waals surface area contributed by atoms with Gasteiger partial charge in [-0.25, -0.2) is 4.90 Å². The van der Waals surface area contributed by atoms with Gasteiger partial charge in [-0.2, -0.15) is 0 Å². The van der Waals surface area contributed by atoms with E-state index in [2.05, 4.69) is 0 Å². The number of halogens is 1. The van der Waals surface area contributed by atoms with Crippen LogP contribution in [0.5, 0.6) is 0 Å². The Kier molecular flexibility index (Phi) is 2.71. The van der Waals surface area contributed by atoms with Crippen molar-refractivity contribution in [1.82, 2.24) is 0 Å². The molecule has 0 N–H and O–H groups in total. The van der Waals surface area contributed by atoms with Crippen LogP contribution in [0.1, 0.15) is 25.7 Å². The summed E-state index contributed by atoms with van der Waals surface area (Å²) in [4.78, 5) is 25.8. The fourth-order valence-corrected chi connectivity index (χ4v) is 2.77. The summed E-state index contributed by atoms with van der Waals surface area (Å²) in [6, 6.07) is 6.86. The van der Waals surface area contributed by atoms with Crippen LogP contribution in [0.3, 0.4) is 0 Å². The van der Waals surface area contributed by atoms with Crippen LogP contribution >= 0.6 is 11.6 Å². The zero-order valence-corrected chi connectivity index (χ0v) is 10.5. The van der Waals surface area contributed by atoms with Crippen molar-refractivity contribution < 1.29 is 9.59 Å². The minimum atomic E-state index is -0.169. The molecule has 1 aromatic carbocycles. The van der Waals surface area contributed by atoms with Crippen molar-refractivity contribution in [1.29, 1.82) is 0 Å². The van der Waals surface area contributed by atoms with Gasteiger partial charge in [-0.15, -0.1) is 0 Å². The van der Waals surface area contributed by atoms with Crippen LogP contribution in [-0.4, -0.2) is 11.8 Å². The number of nitrogens with zero attached hydrogens (tertiary/aromatic N) is 1. The number of carbonyl (C=O) groups is 2. The topological polar surface area (TPSA) is 37.4 Å². The molecule has 1 aromatic rings.